The first kappa shape index (κ1) is 22.7. The Morgan fingerprint density at radius 3 is 2.41 bits per heavy atom. The molecule has 2 aromatic carbocycles. The fourth-order valence-corrected chi connectivity index (χ4v) is 3.62. The van der Waals surface area contributed by atoms with Crippen molar-refractivity contribution >= 4 is 45.7 Å². The maximum Gasteiger partial charge on any atom is 0.418 e. The number of hydrogen-bond donors (Lipinski definition) is 1. The van der Waals surface area contributed by atoms with E-state index < -0.39 is 28.9 Å². The minimum atomic E-state index is -4.67. The van der Waals surface area contributed by atoms with Crippen molar-refractivity contribution in [1.82, 2.24) is 4.98 Å². The Morgan fingerprint density at radius 2 is 1.78 bits per heavy atom. The molecule has 1 N–H and O–H groups in total. The molecule has 1 aromatic heterocycles. The topological polar surface area (TPSA) is 86.1 Å². The maximum absolute atomic E-state index is 13.1. The summed E-state index contributed by atoms with van der Waals surface area (Å²) in [5.74, 6) is -1.30. The van der Waals surface area contributed by atoms with Crippen LogP contribution >= 0.6 is 11.3 Å². The summed E-state index contributed by atoms with van der Waals surface area (Å²) < 4.78 is 39.4. The number of halogens is 3. The van der Waals surface area contributed by atoms with Crippen LogP contribution < -0.4 is 10.2 Å². The first-order valence-corrected chi connectivity index (χ1v) is 9.99. The summed E-state index contributed by atoms with van der Waals surface area (Å²) in [5, 5.41) is 13.3. The number of rotatable bonds is 5. The molecule has 32 heavy (non-hydrogen) atoms. The van der Waals surface area contributed by atoms with Crippen LogP contribution in [0.4, 0.5) is 29.7 Å². The standard InChI is InChI=1S/C22H15F3N4O2S/c1-14(30)29(17-7-3-2-4-8-17)21-27-16(13-32-21)11-15(12-26)20(31)28-19-10-6-5-9-18(19)22(23,24)25/h2-11,13H,1H3,(H,28,31)/b15-11+. The number of para-hydroxylation sites is 2. The Kier molecular flexibility index (Phi) is 6.70. The predicted molar refractivity (Wildman–Crippen MR) is 115 cm³/mol. The summed E-state index contributed by atoms with van der Waals surface area (Å²) in [5.41, 5.74) is -1.12. The van der Waals surface area contributed by atoms with Crippen LogP contribution in [-0.2, 0) is 15.8 Å². The molecular formula is C22H15F3N4O2S. The minimum Gasteiger partial charge on any atom is -0.321 e. The summed E-state index contributed by atoms with van der Waals surface area (Å²) in [7, 11) is 0. The van der Waals surface area contributed by atoms with Crippen molar-refractivity contribution in [2.75, 3.05) is 10.2 Å². The average Bonchev–Trinajstić information content (AvgIpc) is 3.20. The molecule has 0 saturated carbocycles. The van der Waals surface area contributed by atoms with E-state index in [-0.39, 0.29) is 11.6 Å². The second kappa shape index (κ2) is 9.45. The van der Waals surface area contributed by atoms with E-state index in [1.165, 1.54) is 29.3 Å². The van der Waals surface area contributed by atoms with Crippen LogP contribution in [0.3, 0.4) is 0 Å². The summed E-state index contributed by atoms with van der Waals surface area (Å²) in [4.78, 5) is 30.2. The summed E-state index contributed by atoms with van der Waals surface area (Å²) in [6.07, 6.45) is -3.52. The molecule has 6 nitrogen and oxygen atoms in total. The molecule has 2 amide bonds. The molecule has 0 aliphatic heterocycles. The molecule has 0 unspecified atom stereocenters. The van der Waals surface area contributed by atoms with Gasteiger partial charge in [-0.05, 0) is 30.3 Å². The van der Waals surface area contributed by atoms with Crippen LogP contribution in [-0.4, -0.2) is 16.8 Å². The Bertz CT molecular complexity index is 1210. The van der Waals surface area contributed by atoms with Crippen molar-refractivity contribution in [1.29, 1.82) is 5.26 Å². The van der Waals surface area contributed by atoms with E-state index in [2.05, 4.69) is 10.3 Å². The summed E-state index contributed by atoms with van der Waals surface area (Å²) in [6, 6.07) is 14.9. The number of aromatic nitrogens is 1. The van der Waals surface area contributed by atoms with Gasteiger partial charge in [0.25, 0.3) is 5.91 Å². The number of carbonyl (C=O) groups excluding carboxylic acids is 2. The molecule has 0 atom stereocenters. The SMILES string of the molecule is CC(=O)N(c1ccccc1)c1nc(/C=C(\C#N)C(=O)Nc2ccccc2C(F)(F)F)cs1. The lowest BCUT2D eigenvalue weighted by atomic mass is 10.1. The number of nitrogens with zero attached hydrogens (tertiary/aromatic N) is 3. The largest absolute Gasteiger partial charge is 0.418 e. The number of anilines is 3. The highest BCUT2D eigenvalue weighted by Crippen LogP contribution is 2.35. The predicted octanol–water partition coefficient (Wildman–Crippen LogP) is 5.39. The molecule has 0 saturated heterocycles. The first-order valence-electron chi connectivity index (χ1n) is 9.11. The molecule has 162 valence electrons. The zero-order valence-corrected chi connectivity index (χ0v) is 17.4. The summed E-state index contributed by atoms with van der Waals surface area (Å²) in [6.45, 7) is 1.37. The van der Waals surface area contributed by atoms with Gasteiger partial charge in [0.15, 0.2) is 5.13 Å². The normalized spacial score (nSPS) is 11.5. The van der Waals surface area contributed by atoms with Crippen molar-refractivity contribution in [3.05, 3.63) is 76.8 Å². The third-order valence-electron chi connectivity index (χ3n) is 4.17. The second-order valence-corrected chi connectivity index (χ2v) is 7.25. The van der Waals surface area contributed by atoms with E-state index in [9.17, 15) is 28.0 Å². The van der Waals surface area contributed by atoms with Crippen molar-refractivity contribution in [2.24, 2.45) is 0 Å². The van der Waals surface area contributed by atoms with Crippen molar-refractivity contribution in [3.63, 3.8) is 0 Å². The lowest BCUT2D eigenvalue weighted by Gasteiger charge is -2.17. The number of nitrogens with one attached hydrogen (secondary N) is 1. The highest BCUT2D eigenvalue weighted by atomic mass is 32.1. The number of hydrogen-bond acceptors (Lipinski definition) is 5. The minimum absolute atomic E-state index is 0.211. The number of alkyl halides is 3. The van der Waals surface area contributed by atoms with E-state index in [4.69, 9.17) is 0 Å². The quantitative estimate of drug-likeness (QED) is 0.412. The van der Waals surface area contributed by atoms with Gasteiger partial charge in [0.1, 0.15) is 11.6 Å². The lowest BCUT2D eigenvalue weighted by molar-refractivity contribution is -0.137. The highest BCUT2D eigenvalue weighted by molar-refractivity contribution is 7.14. The average molecular weight is 456 g/mol. The van der Waals surface area contributed by atoms with E-state index in [0.717, 1.165) is 29.5 Å². The third kappa shape index (κ3) is 5.19. The molecule has 10 heteroatoms. The molecule has 3 rings (SSSR count). The van der Waals surface area contributed by atoms with Gasteiger partial charge in [-0.15, -0.1) is 11.3 Å². The van der Waals surface area contributed by atoms with E-state index >= 15 is 0 Å². The maximum atomic E-state index is 13.1. The van der Waals surface area contributed by atoms with Crippen LogP contribution in [0.25, 0.3) is 6.08 Å². The molecule has 0 bridgehead atoms. The molecule has 0 aliphatic carbocycles. The molecule has 1 heterocycles. The Balaban J connectivity index is 1.87. The molecular weight excluding hydrogens is 441 g/mol. The fraction of sp³-hybridized carbons (Fsp3) is 0.0909. The van der Waals surface area contributed by atoms with Gasteiger partial charge < -0.3 is 5.32 Å². The number of nitriles is 1. The van der Waals surface area contributed by atoms with Gasteiger partial charge in [0, 0.05) is 12.3 Å². The van der Waals surface area contributed by atoms with E-state index in [0.29, 0.717) is 10.8 Å². The van der Waals surface area contributed by atoms with Crippen molar-refractivity contribution in [2.45, 2.75) is 13.1 Å². The zero-order valence-electron chi connectivity index (χ0n) is 16.6. The van der Waals surface area contributed by atoms with Gasteiger partial charge >= 0.3 is 6.18 Å². The molecule has 0 aliphatic rings. The van der Waals surface area contributed by atoms with E-state index in [1.807, 2.05) is 0 Å². The summed E-state index contributed by atoms with van der Waals surface area (Å²) >= 11 is 1.11. The number of thiazole rings is 1. The van der Waals surface area contributed by atoms with Gasteiger partial charge in [-0.25, -0.2) is 4.98 Å². The molecule has 0 fully saturated rings. The Hall–Kier alpha value is -3.97. The van der Waals surface area contributed by atoms with Crippen LogP contribution in [0.15, 0.2) is 65.6 Å². The highest BCUT2D eigenvalue weighted by Gasteiger charge is 2.33. The number of amides is 2. The first-order chi connectivity index (χ1) is 15.2. The van der Waals surface area contributed by atoms with Crippen molar-refractivity contribution in [3.8, 4) is 6.07 Å². The molecule has 3 aromatic rings. The number of benzene rings is 2. The van der Waals surface area contributed by atoms with E-state index in [1.54, 1.807) is 36.4 Å². The smallest absolute Gasteiger partial charge is 0.321 e. The fourth-order valence-electron chi connectivity index (χ4n) is 2.77. The van der Waals surface area contributed by atoms with Gasteiger partial charge in [-0.2, -0.15) is 18.4 Å². The number of carbonyl (C=O) groups is 2. The Labute approximate surface area is 185 Å². The molecule has 0 radical (unpaired) electrons. The van der Waals surface area contributed by atoms with Crippen molar-refractivity contribution < 1.29 is 22.8 Å². The monoisotopic (exact) mass is 456 g/mol. The lowest BCUT2D eigenvalue weighted by Crippen LogP contribution is -2.22. The zero-order chi connectivity index (χ0) is 23.3. The van der Waals surface area contributed by atoms with Crippen LogP contribution in [0.2, 0.25) is 0 Å². The van der Waals surface area contributed by atoms with Crippen LogP contribution in [0, 0.1) is 11.3 Å². The van der Waals surface area contributed by atoms with Crippen LogP contribution in [0.5, 0.6) is 0 Å². The van der Waals surface area contributed by atoms with Gasteiger partial charge in [-0.3, -0.25) is 14.5 Å². The van der Waals surface area contributed by atoms with Gasteiger partial charge in [0.05, 0.1) is 22.6 Å². The Morgan fingerprint density at radius 1 is 1.12 bits per heavy atom. The van der Waals surface area contributed by atoms with Crippen LogP contribution in [0.1, 0.15) is 18.2 Å². The molecule has 0 spiro atoms. The third-order valence-corrected chi connectivity index (χ3v) is 5.01. The second-order valence-electron chi connectivity index (χ2n) is 6.41. The van der Waals surface area contributed by atoms with Gasteiger partial charge in [0.2, 0.25) is 5.91 Å². The van der Waals surface area contributed by atoms with Gasteiger partial charge in [-0.1, -0.05) is 30.3 Å².